The van der Waals surface area contributed by atoms with Crippen molar-refractivity contribution in [3.8, 4) is 0 Å². The van der Waals surface area contributed by atoms with Gasteiger partial charge in [0, 0.05) is 19.3 Å². The first kappa shape index (κ1) is 65.4. The van der Waals surface area contributed by atoms with Gasteiger partial charge >= 0.3 is 17.9 Å². The van der Waals surface area contributed by atoms with E-state index in [2.05, 4.69) is 34.6 Å². The Hall–Kier alpha value is -1.59. The van der Waals surface area contributed by atoms with Gasteiger partial charge in [-0.15, -0.1) is 0 Å². The third kappa shape index (κ3) is 53.6. The van der Waals surface area contributed by atoms with E-state index in [0.29, 0.717) is 19.3 Å². The highest BCUT2D eigenvalue weighted by Gasteiger charge is 2.19. The van der Waals surface area contributed by atoms with Crippen molar-refractivity contribution in [2.24, 2.45) is 11.8 Å². The Bertz CT molecular complexity index is 1030. The van der Waals surface area contributed by atoms with Crippen molar-refractivity contribution in [2.45, 2.75) is 349 Å². The SMILES string of the molecule is CCCCCCCCCCCCC(=O)O[C@H](COC(=O)CCCCCCCCCCCCCCCCCCCCC(C)CC)COC(=O)CCCCCCCCCCCCCCCCC(C)C. The summed E-state index contributed by atoms with van der Waals surface area (Å²) < 4.78 is 16.9. The Morgan fingerprint density at radius 2 is 0.567 bits per heavy atom. The van der Waals surface area contributed by atoms with Crippen LogP contribution < -0.4 is 0 Å². The minimum Gasteiger partial charge on any atom is -0.462 e. The van der Waals surface area contributed by atoms with Gasteiger partial charge in [0.1, 0.15) is 13.2 Å². The van der Waals surface area contributed by atoms with Crippen LogP contribution >= 0.6 is 0 Å². The van der Waals surface area contributed by atoms with Gasteiger partial charge in [-0.25, -0.2) is 0 Å². The molecule has 0 rings (SSSR count). The van der Waals surface area contributed by atoms with Gasteiger partial charge < -0.3 is 14.2 Å². The van der Waals surface area contributed by atoms with Gasteiger partial charge in [0.2, 0.25) is 0 Å². The molecule has 398 valence electrons. The van der Waals surface area contributed by atoms with E-state index in [9.17, 15) is 14.4 Å². The lowest BCUT2D eigenvalue weighted by molar-refractivity contribution is -0.167. The first-order valence-corrected chi connectivity index (χ1v) is 30.3. The van der Waals surface area contributed by atoms with Gasteiger partial charge in [0.05, 0.1) is 0 Å². The summed E-state index contributed by atoms with van der Waals surface area (Å²) in [4.78, 5) is 38.1. The Morgan fingerprint density at radius 3 is 0.851 bits per heavy atom. The summed E-state index contributed by atoms with van der Waals surface area (Å²) in [6.07, 6.45) is 58.1. The van der Waals surface area contributed by atoms with Crippen LogP contribution in [0.25, 0.3) is 0 Å². The predicted octanol–water partition coefficient (Wildman–Crippen LogP) is 20.0. The first-order valence-electron chi connectivity index (χ1n) is 30.3. The Morgan fingerprint density at radius 1 is 0.313 bits per heavy atom. The number of hydrogen-bond acceptors (Lipinski definition) is 6. The minimum absolute atomic E-state index is 0.0624. The normalized spacial score (nSPS) is 12.4. The summed E-state index contributed by atoms with van der Waals surface area (Å²) in [5, 5.41) is 0. The Kier molecular flexibility index (Phi) is 52.5. The lowest BCUT2D eigenvalue weighted by atomic mass is 9.99. The highest BCUT2D eigenvalue weighted by molar-refractivity contribution is 5.71. The molecule has 67 heavy (non-hydrogen) atoms. The fourth-order valence-electron chi connectivity index (χ4n) is 9.37. The number of esters is 3. The maximum Gasteiger partial charge on any atom is 0.306 e. The number of ether oxygens (including phenoxy) is 3. The summed E-state index contributed by atoms with van der Waals surface area (Å²) in [6.45, 7) is 11.5. The predicted molar refractivity (Wildman–Crippen MR) is 289 cm³/mol. The van der Waals surface area contributed by atoms with E-state index in [4.69, 9.17) is 14.2 Å². The van der Waals surface area contributed by atoms with E-state index in [0.717, 1.165) is 69.6 Å². The molecule has 0 bridgehead atoms. The monoisotopic (exact) mass is 947 g/mol. The standard InChI is InChI=1S/C61H118O6/c1-6-8-9-10-11-12-31-38-43-48-53-61(64)67-58(55-66-60(63)52-47-42-37-33-28-24-20-19-21-25-29-34-39-44-49-56(3)4)54-65-59(62)51-46-41-36-32-27-23-18-16-14-13-15-17-22-26-30-35-40-45-50-57(5)7-2/h56-58H,6-55H2,1-5H3/t57?,58-/m1/s1. The highest BCUT2D eigenvalue weighted by atomic mass is 16.6. The molecule has 0 aliphatic heterocycles. The fourth-order valence-corrected chi connectivity index (χ4v) is 9.37. The molecule has 0 spiro atoms. The second kappa shape index (κ2) is 53.8. The summed E-state index contributed by atoms with van der Waals surface area (Å²) in [7, 11) is 0. The molecule has 0 saturated carbocycles. The van der Waals surface area contributed by atoms with Gasteiger partial charge in [-0.3, -0.25) is 14.4 Å². The van der Waals surface area contributed by atoms with E-state index < -0.39 is 6.10 Å². The molecule has 0 aliphatic rings. The molecule has 0 heterocycles. The third-order valence-corrected chi connectivity index (χ3v) is 14.3. The summed E-state index contributed by atoms with van der Waals surface area (Å²) >= 11 is 0. The lowest BCUT2D eigenvalue weighted by Gasteiger charge is -2.18. The summed E-state index contributed by atoms with van der Waals surface area (Å²) in [6, 6.07) is 0. The van der Waals surface area contributed by atoms with Crippen LogP contribution in [-0.2, 0) is 28.6 Å². The molecule has 1 unspecified atom stereocenters. The van der Waals surface area contributed by atoms with Crippen LogP contribution in [0.1, 0.15) is 343 Å². The van der Waals surface area contributed by atoms with E-state index in [-0.39, 0.29) is 31.1 Å². The molecule has 2 atom stereocenters. The van der Waals surface area contributed by atoms with Crippen molar-refractivity contribution < 1.29 is 28.6 Å². The van der Waals surface area contributed by atoms with Gasteiger partial charge in [-0.05, 0) is 31.1 Å². The second-order valence-corrected chi connectivity index (χ2v) is 21.7. The zero-order valence-electron chi connectivity index (χ0n) is 46.0. The van der Waals surface area contributed by atoms with Gasteiger partial charge in [0.15, 0.2) is 6.10 Å². The number of carbonyl (C=O) groups excluding carboxylic acids is 3. The molecule has 0 aromatic carbocycles. The van der Waals surface area contributed by atoms with E-state index >= 15 is 0 Å². The summed E-state index contributed by atoms with van der Waals surface area (Å²) in [5.74, 6) is 0.917. The van der Waals surface area contributed by atoms with Gasteiger partial charge in [0.25, 0.3) is 0 Å². The topological polar surface area (TPSA) is 78.9 Å². The van der Waals surface area contributed by atoms with Crippen molar-refractivity contribution in [1.29, 1.82) is 0 Å². The van der Waals surface area contributed by atoms with Crippen molar-refractivity contribution in [3.63, 3.8) is 0 Å². The van der Waals surface area contributed by atoms with E-state index in [1.54, 1.807) is 0 Å². The number of carbonyl (C=O) groups is 3. The van der Waals surface area contributed by atoms with Gasteiger partial charge in [-0.1, -0.05) is 304 Å². The number of hydrogen-bond donors (Lipinski definition) is 0. The van der Waals surface area contributed by atoms with Crippen LogP contribution in [0.3, 0.4) is 0 Å². The van der Waals surface area contributed by atoms with Crippen molar-refractivity contribution in [1.82, 2.24) is 0 Å². The van der Waals surface area contributed by atoms with Crippen molar-refractivity contribution >= 4 is 17.9 Å². The number of rotatable bonds is 55. The Balaban J connectivity index is 4.17. The van der Waals surface area contributed by atoms with E-state index in [1.165, 1.54) is 231 Å². The maximum absolute atomic E-state index is 12.8. The maximum atomic E-state index is 12.8. The molecule has 0 radical (unpaired) electrons. The largest absolute Gasteiger partial charge is 0.462 e. The van der Waals surface area contributed by atoms with Crippen molar-refractivity contribution in [3.05, 3.63) is 0 Å². The molecule has 0 aliphatic carbocycles. The fraction of sp³-hybridized carbons (Fsp3) is 0.951. The zero-order valence-corrected chi connectivity index (χ0v) is 46.0. The van der Waals surface area contributed by atoms with Crippen LogP contribution in [0.15, 0.2) is 0 Å². The average molecular weight is 948 g/mol. The first-order chi connectivity index (χ1) is 32.8. The van der Waals surface area contributed by atoms with Crippen molar-refractivity contribution in [2.75, 3.05) is 13.2 Å². The van der Waals surface area contributed by atoms with Crippen LogP contribution in [0, 0.1) is 11.8 Å². The highest BCUT2D eigenvalue weighted by Crippen LogP contribution is 2.19. The molecular weight excluding hydrogens is 829 g/mol. The van der Waals surface area contributed by atoms with Crippen LogP contribution in [0.5, 0.6) is 0 Å². The zero-order chi connectivity index (χ0) is 48.9. The van der Waals surface area contributed by atoms with Crippen LogP contribution in [0.2, 0.25) is 0 Å². The van der Waals surface area contributed by atoms with E-state index in [1.807, 2.05) is 0 Å². The van der Waals surface area contributed by atoms with Crippen LogP contribution in [0.4, 0.5) is 0 Å². The van der Waals surface area contributed by atoms with Gasteiger partial charge in [-0.2, -0.15) is 0 Å². The Labute approximate surface area is 418 Å². The third-order valence-electron chi connectivity index (χ3n) is 14.3. The minimum atomic E-state index is -0.762. The molecule has 6 heteroatoms. The molecule has 0 amide bonds. The molecule has 0 aromatic rings. The average Bonchev–Trinajstić information content (AvgIpc) is 3.31. The quantitative estimate of drug-likeness (QED) is 0.0343. The molecule has 0 fully saturated rings. The second-order valence-electron chi connectivity index (χ2n) is 21.7. The lowest BCUT2D eigenvalue weighted by Crippen LogP contribution is -2.30. The number of unbranched alkanes of at least 4 members (excludes halogenated alkanes) is 39. The summed E-state index contributed by atoms with van der Waals surface area (Å²) in [5.41, 5.74) is 0. The molecule has 6 nitrogen and oxygen atoms in total. The molecule has 0 N–H and O–H groups in total. The molecule has 0 saturated heterocycles. The van der Waals surface area contributed by atoms with Crippen LogP contribution in [-0.4, -0.2) is 37.2 Å². The molecular formula is C61H118O6. The smallest absolute Gasteiger partial charge is 0.306 e. The molecule has 0 aromatic heterocycles.